The van der Waals surface area contributed by atoms with Crippen molar-refractivity contribution in [3.05, 3.63) is 41.4 Å². The summed E-state index contributed by atoms with van der Waals surface area (Å²) in [4.78, 5) is 64.3. The molecule has 2 aromatic rings. The first kappa shape index (κ1) is 28.4. The van der Waals surface area contributed by atoms with E-state index < -0.39 is 41.7 Å². The summed E-state index contributed by atoms with van der Waals surface area (Å²) in [5, 5.41) is 10.8. The predicted molar refractivity (Wildman–Crippen MR) is 134 cm³/mol. The molecular weight excluding hydrogens is 488 g/mol. The summed E-state index contributed by atoms with van der Waals surface area (Å²) in [6, 6.07) is 5.66. The van der Waals surface area contributed by atoms with E-state index in [4.69, 9.17) is 5.73 Å². The van der Waals surface area contributed by atoms with Crippen molar-refractivity contribution in [1.82, 2.24) is 26.3 Å². The molecule has 0 bridgehead atoms. The molecule has 2 rings (SSSR count). The fourth-order valence-corrected chi connectivity index (χ4v) is 4.04. The van der Waals surface area contributed by atoms with Gasteiger partial charge in [0.25, 0.3) is 0 Å². The van der Waals surface area contributed by atoms with Crippen LogP contribution in [-0.4, -0.2) is 73.4 Å². The van der Waals surface area contributed by atoms with E-state index in [0.717, 1.165) is 21.3 Å². The second-order valence-corrected chi connectivity index (χ2v) is 8.73. The highest BCUT2D eigenvalue weighted by atomic mass is 32.1. The van der Waals surface area contributed by atoms with Crippen molar-refractivity contribution in [3.8, 4) is 0 Å². The molecule has 0 aliphatic heterocycles. The van der Waals surface area contributed by atoms with Crippen molar-refractivity contribution in [2.75, 3.05) is 26.7 Å². The van der Waals surface area contributed by atoms with Gasteiger partial charge in [0.2, 0.25) is 23.6 Å². The Morgan fingerprint density at radius 3 is 2.50 bits per heavy atom. The average molecular weight is 519 g/mol. The van der Waals surface area contributed by atoms with Gasteiger partial charge in [0.05, 0.1) is 28.9 Å². The van der Waals surface area contributed by atoms with Crippen LogP contribution < -0.4 is 27.0 Å². The molecule has 0 aliphatic carbocycles. The van der Waals surface area contributed by atoms with Gasteiger partial charge in [-0.15, -0.1) is 11.3 Å². The minimum absolute atomic E-state index is 0.0634. The Kier molecular flexibility index (Phi) is 11.5. The zero-order chi connectivity index (χ0) is 26.5. The van der Waals surface area contributed by atoms with Gasteiger partial charge < -0.3 is 31.7 Å². The summed E-state index contributed by atoms with van der Waals surface area (Å²) in [7, 11) is 1.23. The van der Waals surface area contributed by atoms with Crippen LogP contribution in [0.1, 0.15) is 18.4 Å². The van der Waals surface area contributed by atoms with Gasteiger partial charge in [-0.25, -0.2) is 9.78 Å². The zero-order valence-electron chi connectivity index (χ0n) is 20.0. The van der Waals surface area contributed by atoms with Crippen LogP contribution in [0.15, 0.2) is 36.4 Å². The number of ether oxygens (including phenoxy) is 1. The highest BCUT2D eigenvalue weighted by molar-refractivity contribution is 7.18. The van der Waals surface area contributed by atoms with E-state index in [1.54, 1.807) is 0 Å². The normalized spacial score (nSPS) is 12.5. The number of aromatic nitrogens is 1. The number of thiazole rings is 1. The Bertz CT molecular complexity index is 1080. The van der Waals surface area contributed by atoms with Gasteiger partial charge in [-0.2, -0.15) is 0 Å². The molecule has 1 heterocycles. The van der Waals surface area contributed by atoms with Crippen LogP contribution in [0.2, 0.25) is 0 Å². The van der Waals surface area contributed by atoms with Gasteiger partial charge in [-0.1, -0.05) is 18.2 Å². The number of nitrogens with one attached hydrogen (secondary N) is 4. The van der Waals surface area contributed by atoms with E-state index in [0.29, 0.717) is 6.42 Å². The third kappa shape index (κ3) is 9.43. The van der Waals surface area contributed by atoms with Crippen LogP contribution in [-0.2, 0) is 35.1 Å². The number of methoxy groups -OCH3 is 1. The van der Waals surface area contributed by atoms with Crippen molar-refractivity contribution in [2.24, 2.45) is 5.73 Å². The largest absolute Gasteiger partial charge is 0.466 e. The number of para-hydroxylation sites is 1. The lowest BCUT2D eigenvalue weighted by Gasteiger charge is -2.21. The van der Waals surface area contributed by atoms with Gasteiger partial charge in [0.15, 0.2) is 0 Å². The van der Waals surface area contributed by atoms with Crippen molar-refractivity contribution in [3.63, 3.8) is 0 Å². The van der Waals surface area contributed by atoms with Gasteiger partial charge >= 0.3 is 5.97 Å². The Hall–Kier alpha value is -3.84. The lowest BCUT2D eigenvalue weighted by molar-refractivity contribution is -0.135. The first-order valence-corrected chi connectivity index (χ1v) is 12.0. The number of fused-ring (bicyclic) bond motifs is 1. The average Bonchev–Trinajstić information content (AvgIpc) is 3.28. The van der Waals surface area contributed by atoms with Crippen LogP contribution in [0.4, 0.5) is 0 Å². The van der Waals surface area contributed by atoms with Crippen molar-refractivity contribution in [1.29, 1.82) is 0 Å². The second-order valence-electron chi connectivity index (χ2n) is 7.61. The first-order chi connectivity index (χ1) is 17.2. The molecule has 36 heavy (non-hydrogen) atoms. The summed E-state index contributed by atoms with van der Waals surface area (Å²) in [5.74, 6) is -2.69. The van der Waals surface area contributed by atoms with Gasteiger partial charge in [0.1, 0.15) is 12.1 Å². The number of hydrogen-bond acceptors (Lipinski definition) is 9. The quantitative estimate of drug-likeness (QED) is 0.168. The topological polar surface area (TPSA) is 182 Å². The van der Waals surface area contributed by atoms with Gasteiger partial charge in [-0.3, -0.25) is 19.2 Å². The van der Waals surface area contributed by atoms with Crippen molar-refractivity contribution < 1.29 is 28.7 Å². The minimum atomic E-state index is -1.11. The first-order valence-electron chi connectivity index (χ1n) is 11.1. The number of nitrogens with zero attached hydrogens (tertiary/aromatic N) is 1. The highest BCUT2D eigenvalue weighted by Crippen LogP contribution is 2.22. The minimum Gasteiger partial charge on any atom is -0.466 e. The molecule has 4 amide bonds. The molecule has 1 aromatic heterocycles. The number of amides is 4. The molecule has 0 saturated heterocycles. The molecule has 2 unspecified atom stereocenters. The number of carbonyl (C=O) groups is 5. The molecule has 1 aromatic carbocycles. The highest BCUT2D eigenvalue weighted by Gasteiger charge is 2.26. The Morgan fingerprint density at radius 1 is 1.08 bits per heavy atom. The molecule has 0 aliphatic rings. The maximum Gasteiger partial charge on any atom is 0.330 e. The number of benzene rings is 1. The number of rotatable bonds is 13. The lowest BCUT2D eigenvalue weighted by atomic mass is 10.1. The smallest absolute Gasteiger partial charge is 0.330 e. The molecule has 0 saturated carbocycles. The molecular formula is C23H30N6O6S. The Labute approximate surface area is 212 Å². The summed E-state index contributed by atoms with van der Waals surface area (Å²) in [5.41, 5.74) is 6.52. The van der Waals surface area contributed by atoms with E-state index in [2.05, 4.69) is 31.0 Å². The van der Waals surface area contributed by atoms with Crippen molar-refractivity contribution in [2.45, 2.75) is 31.8 Å². The number of carbonyl (C=O) groups excluding carboxylic acids is 5. The number of esters is 1. The molecule has 13 heteroatoms. The Balaban J connectivity index is 1.87. The summed E-state index contributed by atoms with van der Waals surface area (Å²) in [6.45, 7) is 0.785. The molecule has 0 fully saturated rings. The van der Waals surface area contributed by atoms with Crippen LogP contribution in [0.25, 0.3) is 10.2 Å². The van der Waals surface area contributed by atoms with E-state index in [9.17, 15) is 24.0 Å². The maximum absolute atomic E-state index is 12.8. The van der Waals surface area contributed by atoms with E-state index in [1.165, 1.54) is 31.4 Å². The molecule has 2 atom stereocenters. The second kappa shape index (κ2) is 14.5. The van der Waals surface area contributed by atoms with E-state index in [1.807, 2.05) is 24.3 Å². The fraction of sp³-hybridized carbons (Fsp3) is 0.391. The lowest BCUT2D eigenvalue weighted by Crippen LogP contribution is -2.56. The molecule has 0 spiro atoms. The van der Waals surface area contributed by atoms with Crippen LogP contribution in [0.5, 0.6) is 0 Å². The monoisotopic (exact) mass is 518 g/mol. The van der Waals surface area contributed by atoms with Crippen LogP contribution in [0, 0.1) is 0 Å². The standard InChI is InChI=1S/C23H30N6O6S/c1-14(30)27-16(9-10-20-28-15-6-3-4-7-18(15)36-20)23(34)29-17(12-24)22(33)26-13-19(31)25-11-5-8-21(32)35-2/h3-8,16-17H,9-13,24H2,1-2H3,(H,25,31)(H,26,33)(H,27,30)(H,29,34). The van der Waals surface area contributed by atoms with E-state index >= 15 is 0 Å². The summed E-state index contributed by atoms with van der Waals surface area (Å²) >= 11 is 1.51. The van der Waals surface area contributed by atoms with Crippen LogP contribution >= 0.6 is 11.3 Å². The fourth-order valence-electron chi connectivity index (χ4n) is 3.06. The predicted octanol–water partition coefficient (Wildman–Crippen LogP) is -0.861. The van der Waals surface area contributed by atoms with Gasteiger partial charge in [0, 0.05) is 32.5 Å². The number of aryl methyl sites for hydroxylation is 1. The third-order valence-corrected chi connectivity index (χ3v) is 5.94. The third-order valence-electron chi connectivity index (χ3n) is 4.84. The molecule has 6 N–H and O–H groups in total. The molecule has 12 nitrogen and oxygen atoms in total. The molecule has 0 radical (unpaired) electrons. The summed E-state index contributed by atoms with van der Waals surface area (Å²) < 4.78 is 5.45. The maximum atomic E-state index is 12.8. The number of nitrogens with two attached hydrogens (primary N) is 1. The Morgan fingerprint density at radius 2 is 1.83 bits per heavy atom. The number of hydrogen-bond donors (Lipinski definition) is 5. The van der Waals surface area contributed by atoms with E-state index in [-0.39, 0.29) is 26.1 Å². The van der Waals surface area contributed by atoms with Crippen molar-refractivity contribution >= 4 is 51.2 Å². The zero-order valence-corrected chi connectivity index (χ0v) is 20.9. The SMILES string of the molecule is COC(=O)C=CCNC(=O)CNC(=O)C(CN)NC(=O)C(CCc1nc2ccccc2s1)NC(C)=O. The van der Waals surface area contributed by atoms with Crippen LogP contribution in [0.3, 0.4) is 0 Å². The summed E-state index contributed by atoms with van der Waals surface area (Å²) in [6.07, 6.45) is 3.26. The van der Waals surface area contributed by atoms with Gasteiger partial charge in [-0.05, 0) is 18.6 Å². The molecule has 194 valence electrons.